The van der Waals surface area contributed by atoms with Crippen LogP contribution in [0.25, 0.3) is 6.08 Å². The molecular formula is C22H20N2O6S. The van der Waals surface area contributed by atoms with Crippen molar-refractivity contribution >= 4 is 34.9 Å². The van der Waals surface area contributed by atoms with Crippen molar-refractivity contribution in [2.45, 2.75) is 13.5 Å². The molecule has 2 aliphatic heterocycles. The molecule has 1 N–H and O–H groups in total. The maximum absolute atomic E-state index is 12.7. The number of thioether (sulfide) groups is 1. The minimum atomic E-state index is -0.528. The Balaban J connectivity index is 1.44. The monoisotopic (exact) mass is 440 g/mol. The third-order valence-corrected chi connectivity index (χ3v) is 5.70. The number of hydrogen-bond donors (Lipinski definition) is 1. The topological polar surface area (TPSA) is 94.2 Å². The van der Waals surface area contributed by atoms with Crippen molar-refractivity contribution in [3.8, 4) is 17.2 Å². The Bertz CT molecular complexity index is 1080. The molecule has 160 valence electrons. The van der Waals surface area contributed by atoms with Gasteiger partial charge in [0.1, 0.15) is 12.3 Å². The number of fused-ring (bicyclic) bond motifs is 1. The summed E-state index contributed by atoms with van der Waals surface area (Å²) >= 11 is 0.778. The number of methoxy groups -OCH3 is 1. The van der Waals surface area contributed by atoms with Crippen LogP contribution in [-0.2, 0) is 16.1 Å². The van der Waals surface area contributed by atoms with Gasteiger partial charge < -0.3 is 19.5 Å². The van der Waals surface area contributed by atoms with E-state index in [9.17, 15) is 14.4 Å². The van der Waals surface area contributed by atoms with Crippen molar-refractivity contribution in [1.29, 1.82) is 0 Å². The molecule has 1 saturated heterocycles. The first-order valence-corrected chi connectivity index (χ1v) is 10.3. The van der Waals surface area contributed by atoms with Crippen molar-refractivity contribution in [1.82, 2.24) is 10.2 Å². The summed E-state index contributed by atoms with van der Waals surface area (Å²) in [6.45, 7) is 2.07. The molecule has 2 heterocycles. The normalized spacial score (nSPS) is 16.2. The van der Waals surface area contributed by atoms with Crippen LogP contribution in [0.4, 0.5) is 4.79 Å². The molecule has 3 amide bonds. The van der Waals surface area contributed by atoms with Crippen LogP contribution in [-0.4, -0.2) is 42.4 Å². The van der Waals surface area contributed by atoms with E-state index in [0.29, 0.717) is 29.4 Å². The van der Waals surface area contributed by atoms with Gasteiger partial charge in [0, 0.05) is 18.2 Å². The molecule has 0 spiro atoms. The molecule has 0 aliphatic carbocycles. The maximum Gasteiger partial charge on any atom is 0.294 e. The first-order chi connectivity index (χ1) is 14.9. The summed E-state index contributed by atoms with van der Waals surface area (Å²) in [6, 6.07) is 11.1. The van der Waals surface area contributed by atoms with E-state index in [2.05, 4.69) is 5.32 Å². The maximum atomic E-state index is 12.7. The second-order valence-corrected chi connectivity index (χ2v) is 7.97. The molecule has 0 bridgehead atoms. The van der Waals surface area contributed by atoms with Crippen LogP contribution in [0.15, 0.2) is 41.3 Å². The number of carbonyl (C=O) groups is 3. The van der Waals surface area contributed by atoms with Gasteiger partial charge in [0.05, 0.1) is 12.0 Å². The van der Waals surface area contributed by atoms with Crippen molar-refractivity contribution in [2.75, 3.05) is 20.4 Å². The van der Waals surface area contributed by atoms with Crippen LogP contribution >= 0.6 is 11.8 Å². The fraction of sp³-hybridized carbons (Fsp3) is 0.227. The zero-order valence-electron chi connectivity index (χ0n) is 17.0. The molecule has 0 radical (unpaired) electrons. The number of benzene rings is 2. The number of rotatable bonds is 6. The highest BCUT2D eigenvalue weighted by Gasteiger charge is 2.36. The van der Waals surface area contributed by atoms with Gasteiger partial charge in [-0.1, -0.05) is 29.8 Å². The molecule has 2 aliphatic rings. The Morgan fingerprint density at radius 2 is 1.90 bits per heavy atom. The summed E-state index contributed by atoms with van der Waals surface area (Å²) in [5.74, 6) is 0.617. The highest BCUT2D eigenvalue weighted by atomic mass is 32.2. The SMILES string of the molecule is COc1cc2c(cc1/C=C1\SC(=O)N(CC(=O)NCc3ccc(C)cc3)C1=O)OCO2. The number of amides is 3. The van der Waals surface area contributed by atoms with E-state index < -0.39 is 17.1 Å². The van der Waals surface area contributed by atoms with Crippen molar-refractivity contribution in [2.24, 2.45) is 0 Å². The predicted molar refractivity (Wildman–Crippen MR) is 115 cm³/mol. The van der Waals surface area contributed by atoms with Crippen molar-refractivity contribution in [3.05, 3.63) is 58.0 Å². The van der Waals surface area contributed by atoms with Crippen LogP contribution in [0.5, 0.6) is 17.2 Å². The molecule has 0 saturated carbocycles. The van der Waals surface area contributed by atoms with Gasteiger partial charge in [-0.2, -0.15) is 0 Å². The number of carbonyl (C=O) groups excluding carboxylic acids is 3. The number of hydrogen-bond acceptors (Lipinski definition) is 7. The summed E-state index contributed by atoms with van der Waals surface area (Å²) in [7, 11) is 1.50. The molecule has 0 unspecified atom stereocenters. The standard InChI is InChI=1S/C22H20N2O6S/c1-13-3-5-14(6-4-13)10-23-20(25)11-24-21(26)19(31-22(24)27)8-15-7-17-18(30-12-29-17)9-16(15)28-2/h3-9H,10-12H2,1-2H3,(H,23,25)/b19-8-. The zero-order valence-corrected chi connectivity index (χ0v) is 17.8. The van der Waals surface area contributed by atoms with E-state index in [4.69, 9.17) is 14.2 Å². The lowest BCUT2D eigenvalue weighted by Crippen LogP contribution is -2.39. The van der Waals surface area contributed by atoms with Gasteiger partial charge in [-0.05, 0) is 36.4 Å². The van der Waals surface area contributed by atoms with E-state index in [1.54, 1.807) is 18.2 Å². The first kappa shape index (κ1) is 20.8. The number of nitrogens with zero attached hydrogens (tertiary/aromatic N) is 1. The number of nitrogens with one attached hydrogen (secondary N) is 1. The fourth-order valence-electron chi connectivity index (χ4n) is 3.11. The molecule has 31 heavy (non-hydrogen) atoms. The highest BCUT2D eigenvalue weighted by molar-refractivity contribution is 8.18. The van der Waals surface area contributed by atoms with Gasteiger partial charge in [-0.15, -0.1) is 0 Å². The zero-order chi connectivity index (χ0) is 22.0. The molecule has 2 aromatic carbocycles. The molecule has 1 fully saturated rings. The van der Waals surface area contributed by atoms with Gasteiger partial charge in [-0.25, -0.2) is 0 Å². The van der Waals surface area contributed by atoms with Gasteiger partial charge in [0.15, 0.2) is 11.5 Å². The Labute approximate surface area is 183 Å². The quantitative estimate of drug-likeness (QED) is 0.690. The minimum absolute atomic E-state index is 0.107. The highest BCUT2D eigenvalue weighted by Crippen LogP contribution is 2.40. The van der Waals surface area contributed by atoms with Gasteiger partial charge in [-0.3, -0.25) is 19.3 Å². The second-order valence-electron chi connectivity index (χ2n) is 6.98. The fourth-order valence-corrected chi connectivity index (χ4v) is 3.94. The summed E-state index contributed by atoms with van der Waals surface area (Å²) in [4.78, 5) is 38.5. The van der Waals surface area contributed by atoms with Gasteiger partial charge in [0.2, 0.25) is 12.7 Å². The van der Waals surface area contributed by atoms with Crippen LogP contribution in [0.1, 0.15) is 16.7 Å². The van der Waals surface area contributed by atoms with Gasteiger partial charge >= 0.3 is 0 Å². The van der Waals surface area contributed by atoms with E-state index in [-0.39, 0.29) is 18.2 Å². The molecule has 2 aromatic rings. The van der Waals surface area contributed by atoms with E-state index in [0.717, 1.165) is 27.8 Å². The first-order valence-electron chi connectivity index (χ1n) is 9.50. The minimum Gasteiger partial charge on any atom is -0.496 e. The van der Waals surface area contributed by atoms with Crippen LogP contribution in [0.3, 0.4) is 0 Å². The largest absolute Gasteiger partial charge is 0.496 e. The third-order valence-electron chi connectivity index (χ3n) is 4.80. The van der Waals surface area contributed by atoms with E-state index in [1.807, 2.05) is 31.2 Å². The predicted octanol–water partition coefficient (Wildman–Crippen LogP) is 3.09. The van der Waals surface area contributed by atoms with E-state index >= 15 is 0 Å². The van der Waals surface area contributed by atoms with Gasteiger partial charge in [0.25, 0.3) is 11.1 Å². The molecule has 8 nitrogen and oxygen atoms in total. The molecule has 0 atom stereocenters. The van der Waals surface area contributed by atoms with E-state index in [1.165, 1.54) is 7.11 Å². The molecule has 4 rings (SSSR count). The lowest BCUT2D eigenvalue weighted by molar-refractivity contribution is -0.129. The Morgan fingerprint density at radius 3 is 2.61 bits per heavy atom. The number of ether oxygens (including phenoxy) is 3. The summed E-state index contributed by atoms with van der Waals surface area (Å²) in [5.41, 5.74) is 2.63. The van der Waals surface area contributed by atoms with Crippen LogP contribution in [0, 0.1) is 6.92 Å². The van der Waals surface area contributed by atoms with Crippen molar-refractivity contribution in [3.63, 3.8) is 0 Å². The lowest BCUT2D eigenvalue weighted by Gasteiger charge is -2.12. The van der Waals surface area contributed by atoms with Crippen LogP contribution in [0.2, 0.25) is 0 Å². The number of imide groups is 1. The Morgan fingerprint density at radius 1 is 1.19 bits per heavy atom. The smallest absolute Gasteiger partial charge is 0.294 e. The molecule has 9 heteroatoms. The van der Waals surface area contributed by atoms with Crippen LogP contribution < -0.4 is 19.5 Å². The Kier molecular flexibility index (Phi) is 5.85. The second kappa shape index (κ2) is 8.73. The Hall–Kier alpha value is -3.46. The van der Waals surface area contributed by atoms with Crippen molar-refractivity contribution < 1.29 is 28.6 Å². The third kappa shape index (κ3) is 4.51. The lowest BCUT2D eigenvalue weighted by atomic mass is 10.1. The average Bonchev–Trinajstić information content (AvgIpc) is 3.32. The average molecular weight is 440 g/mol. The molecule has 0 aromatic heterocycles. The number of aryl methyl sites for hydroxylation is 1. The molecular weight excluding hydrogens is 420 g/mol. The summed E-state index contributed by atoms with van der Waals surface area (Å²) in [6.07, 6.45) is 1.55. The summed E-state index contributed by atoms with van der Waals surface area (Å²) in [5, 5.41) is 2.23. The summed E-state index contributed by atoms with van der Waals surface area (Å²) < 4.78 is 16.0.